The topological polar surface area (TPSA) is 13.1 Å². The molecule has 2 heteroatoms. The van der Waals surface area contributed by atoms with Gasteiger partial charge in [-0.3, -0.25) is 0 Å². The summed E-state index contributed by atoms with van der Waals surface area (Å²) in [5.41, 5.74) is 9.26. The molecule has 0 atom stereocenters. The smallest absolute Gasteiger partial charge is 0.143 e. The van der Waals surface area contributed by atoms with Crippen LogP contribution >= 0.6 is 11.3 Å². The monoisotopic (exact) mass is 702 g/mol. The summed E-state index contributed by atoms with van der Waals surface area (Å²) in [6, 6.07) is 66.7. The van der Waals surface area contributed by atoms with E-state index in [2.05, 4.69) is 182 Å². The molecular formula is C52H30OS. The fourth-order valence-corrected chi connectivity index (χ4v) is 10.3. The molecule has 0 fully saturated rings. The number of hydrogen-bond donors (Lipinski definition) is 0. The normalized spacial score (nSPS) is 12.1. The Labute approximate surface area is 314 Å². The number of benzene rings is 10. The van der Waals surface area contributed by atoms with Gasteiger partial charge in [-0.05, 0) is 89.1 Å². The SMILES string of the molecule is c1ccc2c(-c3c4ccccc4c(-c4ccc5c(c4)sc4cc(-c6cccc7c6oc6ccc8ccccc8c67)ccc45)c4ccccc34)cccc2c1. The highest BCUT2D eigenvalue weighted by Gasteiger charge is 2.19. The second-order valence-electron chi connectivity index (χ2n) is 14.3. The molecule has 10 aromatic carbocycles. The van der Waals surface area contributed by atoms with Crippen LogP contribution in [0, 0.1) is 0 Å². The van der Waals surface area contributed by atoms with Crippen molar-refractivity contribution in [3.05, 3.63) is 182 Å². The van der Waals surface area contributed by atoms with Crippen LogP contribution in [-0.4, -0.2) is 0 Å². The van der Waals surface area contributed by atoms with E-state index in [-0.39, 0.29) is 0 Å². The van der Waals surface area contributed by atoms with Gasteiger partial charge in [0.05, 0.1) is 0 Å². The van der Waals surface area contributed by atoms with E-state index in [4.69, 9.17) is 4.42 Å². The maximum absolute atomic E-state index is 6.61. The zero-order chi connectivity index (χ0) is 35.3. The number of para-hydroxylation sites is 1. The quantitative estimate of drug-likeness (QED) is 0.167. The Morgan fingerprint density at radius 2 is 0.852 bits per heavy atom. The largest absolute Gasteiger partial charge is 0.455 e. The Bertz CT molecular complexity index is 3450. The first-order valence-electron chi connectivity index (χ1n) is 18.5. The Morgan fingerprint density at radius 3 is 1.57 bits per heavy atom. The highest BCUT2D eigenvalue weighted by atomic mass is 32.1. The standard InChI is InChI=1S/C52H30OS/c1-3-14-35-31(11-1)13-9-21-40(35)50-43-18-7-5-16-41(43)49(42-17-6-8-19-44(42)50)34-24-27-39-38-26-23-33(29-47(38)54-48(39)30-34)37-20-10-22-45-51-36-15-4-2-12-32(36)25-28-46(51)53-52(37)45/h1-30H. The van der Waals surface area contributed by atoms with Gasteiger partial charge in [0, 0.05) is 36.5 Å². The molecule has 2 aromatic heterocycles. The second-order valence-corrected chi connectivity index (χ2v) is 15.4. The van der Waals surface area contributed by atoms with Crippen molar-refractivity contribution < 1.29 is 4.42 Å². The third-order valence-electron chi connectivity index (χ3n) is 11.5. The Kier molecular flexibility index (Phi) is 6.28. The van der Waals surface area contributed by atoms with Crippen LogP contribution in [0.3, 0.4) is 0 Å². The molecule has 0 radical (unpaired) electrons. The van der Waals surface area contributed by atoms with E-state index in [1.54, 1.807) is 0 Å². The van der Waals surface area contributed by atoms with Gasteiger partial charge in [-0.2, -0.15) is 0 Å². The van der Waals surface area contributed by atoms with Crippen LogP contribution in [0.25, 0.3) is 119 Å². The molecule has 0 bridgehead atoms. The lowest BCUT2D eigenvalue weighted by atomic mass is 9.84. The summed E-state index contributed by atoms with van der Waals surface area (Å²) in [6.45, 7) is 0. The van der Waals surface area contributed by atoms with Gasteiger partial charge < -0.3 is 4.42 Å². The predicted octanol–water partition coefficient (Wildman–Crippen LogP) is 15.6. The number of thiophene rings is 1. The van der Waals surface area contributed by atoms with Crippen LogP contribution in [0.5, 0.6) is 0 Å². The lowest BCUT2D eigenvalue weighted by Gasteiger charge is -2.18. The first-order chi connectivity index (χ1) is 26.8. The zero-order valence-corrected chi connectivity index (χ0v) is 30.0. The van der Waals surface area contributed by atoms with Gasteiger partial charge in [0.1, 0.15) is 11.2 Å². The molecule has 250 valence electrons. The van der Waals surface area contributed by atoms with E-state index < -0.39 is 0 Å². The summed E-state index contributed by atoms with van der Waals surface area (Å²) in [5.74, 6) is 0. The molecule has 2 heterocycles. The molecular weight excluding hydrogens is 673 g/mol. The summed E-state index contributed by atoms with van der Waals surface area (Å²) in [4.78, 5) is 0. The van der Waals surface area contributed by atoms with Crippen molar-refractivity contribution in [2.75, 3.05) is 0 Å². The minimum Gasteiger partial charge on any atom is -0.455 e. The molecule has 0 aliphatic carbocycles. The molecule has 0 unspecified atom stereocenters. The predicted molar refractivity (Wildman–Crippen MR) is 233 cm³/mol. The van der Waals surface area contributed by atoms with Gasteiger partial charge in [-0.1, -0.05) is 164 Å². The third-order valence-corrected chi connectivity index (χ3v) is 12.6. The van der Waals surface area contributed by atoms with Gasteiger partial charge in [-0.25, -0.2) is 0 Å². The summed E-state index contributed by atoms with van der Waals surface area (Å²) < 4.78 is 9.18. The minimum atomic E-state index is 0.928. The summed E-state index contributed by atoms with van der Waals surface area (Å²) in [5, 5.41) is 15.0. The fraction of sp³-hybridized carbons (Fsp3) is 0. The van der Waals surface area contributed by atoms with E-state index in [0.29, 0.717) is 0 Å². The average Bonchev–Trinajstić information content (AvgIpc) is 3.80. The molecule has 54 heavy (non-hydrogen) atoms. The van der Waals surface area contributed by atoms with Crippen molar-refractivity contribution in [3.8, 4) is 33.4 Å². The molecule has 1 nitrogen and oxygen atoms in total. The number of furan rings is 1. The number of fused-ring (bicyclic) bond motifs is 11. The van der Waals surface area contributed by atoms with Crippen molar-refractivity contribution in [1.82, 2.24) is 0 Å². The molecule has 0 spiro atoms. The van der Waals surface area contributed by atoms with E-state index in [1.165, 1.54) is 96.5 Å². The number of hydrogen-bond acceptors (Lipinski definition) is 2. The molecule has 12 rings (SSSR count). The van der Waals surface area contributed by atoms with Crippen molar-refractivity contribution in [2.24, 2.45) is 0 Å². The Morgan fingerprint density at radius 1 is 0.333 bits per heavy atom. The average molecular weight is 703 g/mol. The van der Waals surface area contributed by atoms with Gasteiger partial charge >= 0.3 is 0 Å². The Balaban J connectivity index is 1.04. The first-order valence-corrected chi connectivity index (χ1v) is 19.3. The van der Waals surface area contributed by atoms with E-state index in [0.717, 1.165) is 22.1 Å². The highest BCUT2D eigenvalue weighted by molar-refractivity contribution is 7.25. The molecule has 0 N–H and O–H groups in total. The van der Waals surface area contributed by atoms with Crippen LogP contribution in [-0.2, 0) is 0 Å². The van der Waals surface area contributed by atoms with E-state index in [9.17, 15) is 0 Å². The lowest BCUT2D eigenvalue weighted by Crippen LogP contribution is -1.91. The van der Waals surface area contributed by atoms with Crippen molar-refractivity contribution in [3.63, 3.8) is 0 Å². The van der Waals surface area contributed by atoms with Crippen molar-refractivity contribution in [2.45, 2.75) is 0 Å². The molecule has 0 aliphatic rings. The summed E-state index contributed by atoms with van der Waals surface area (Å²) >= 11 is 1.87. The third kappa shape index (κ3) is 4.26. The minimum absolute atomic E-state index is 0.928. The highest BCUT2D eigenvalue weighted by Crippen LogP contribution is 2.47. The van der Waals surface area contributed by atoms with Crippen LogP contribution in [0.15, 0.2) is 186 Å². The van der Waals surface area contributed by atoms with Crippen LogP contribution in [0.2, 0.25) is 0 Å². The first kappa shape index (κ1) is 29.8. The second kappa shape index (κ2) is 11.4. The van der Waals surface area contributed by atoms with Gasteiger partial charge in [0.15, 0.2) is 0 Å². The van der Waals surface area contributed by atoms with Crippen LogP contribution in [0.4, 0.5) is 0 Å². The van der Waals surface area contributed by atoms with Crippen LogP contribution < -0.4 is 0 Å². The van der Waals surface area contributed by atoms with E-state index in [1.807, 2.05) is 11.3 Å². The maximum atomic E-state index is 6.61. The number of rotatable bonds is 3. The Hall–Kier alpha value is -6.74. The van der Waals surface area contributed by atoms with Crippen molar-refractivity contribution >= 4 is 96.5 Å². The maximum Gasteiger partial charge on any atom is 0.143 e. The molecule has 0 saturated carbocycles. The lowest BCUT2D eigenvalue weighted by molar-refractivity contribution is 0.670. The molecule has 0 saturated heterocycles. The zero-order valence-electron chi connectivity index (χ0n) is 29.1. The van der Waals surface area contributed by atoms with Gasteiger partial charge in [-0.15, -0.1) is 11.3 Å². The van der Waals surface area contributed by atoms with Crippen molar-refractivity contribution in [1.29, 1.82) is 0 Å². The molecule has 0 aliphatic heterocycles. The van der Waals surface area contributed by atoms with Crippen LogP contribution in [0.1, 0.15) is 0 Å². The van der Waals surface area contributed by atoms with Gasteiger partial charge in [0.25, 0.3) is 0 Å². The van der Waals surface area contributed by atoms with Gasteiger partial charge in [0.2, 0.25) is 0 Å². The fourth-order valence-electron chi connectivity index (χ4n) is 9.07. The molecule has 12 aromatic rings. The van der Waals surface area contributed by atoms with E-state index >= 15 is 0 Å². The molecule has 0 amide bonds. The summed E-state index contributed by atoms with van der Waals surface area (Å²) in [7, 11) is 0. The summed E-state index contributed by atoms with van der Waals surface area (Å²) in [6.07, 6.45) is 0.